The van der Waals surface area contributed by atoms with Crippen molar-refractivity contribution in [1.29, 1.82) is 0 Å². The van der Waals surface area contributed by atoms with Gasteiger partial charge >= 0.3 is 0 Å². The van der Waals surface area contributed by atoms with E-state index in [9.17, 15) is 0 Å². The van der Waals surface area contributed by atoms with Crippen LogP contribution in [0.15, 0.2) is 30.3 Å². The van der Waals surface area contributed by atoms with Crippen molar-refractivity contribution < 1.29 is 4.74 Å². The molecule has 0 heterocycles. The van der Waals surface area contributed by atoms with E-state index >= 15 is 0 Å². The van der Waals surface area contributed by atoms with Crippen LogP contribution in [0.25, 0.3) is 6.08 Å². The van der Waals surface area contributed by atoms with Crippen LogP contribution in [0, 0.1) is 0 Å². The molecule has 2 nitrogen and oxygen atoms in total. The van der Waals surface area contributed by atoms with Crippen LogP contribution in [0.3, 0.4) is 0 Å². The lowest BCUT2D eigenvalue weighted by molar-refractivity contribution is 0.415. The molecule has 0 aromatic heterocycles. The number of hydrogen-bond acceptors (Lipinski definition) is 2. The van der Waals surface area contributed by atoms with Crippen molar-refractivity contribution >= 4 is 6.08 Å². The fourth-order valence-corrected chi connectivity index (χ4v) is 1.17. The minimum absolute atomic E-state index is 0.757. The van der Waals surface area contributed by atoms with Crippen LogP contribution in [0.1, 0.15) is 18.4 Å². The number of methoxy groups -OCH3 is 1. The van der Waals surface area contributed by atoms with E-state index in [1.807, 2.05) is 24.3 Å². The number of rotatable bonds is 5. The molecule has 0 aliphatic heterocycles. The SMILES string of the molecule is COc1ccc(/C=C/CCCN)cc1. The van der Waals surface area contributed by atoms with Crippen LogP contribution in [0.4, 0.5) is 0 Å². The zero-order valence-electron chi connectivity index (χ0n) is 8.57. The summed E-state index contributed by atoms with van der Waals surface area (Å²) < 4.78 is 5.07. The standard InChI is InChI=1S/C12H17NO/c1-14-12-8-6-11(7-9-12)5-3-2-4-10-13/h3,5-9H,2,4,10,13H2,1H3/b5-3+. The molecule has 0 radical (unpaired) electrons. The molecule has 1 aromatic carbocycles. The second kappa shape index (κ2) is 6.22. The van der Waals surface area contributed by atoms with Crippen molar-refractivity contribution in [3.63, 3.8) is 0 Å². The molecule has 0 aliphatic carbocycles. The maximum Gasteiger partial charge on any atom is 0.118 e. The molecule has 2 heteroatoms. The van der Waals surface area contributed by atoms with E-state index in [0.29, 0.717) is 0 Å². The van der Waals surface area contributed by atoms with E-state index in [1.165, 1.54) is 5.56 Å². The summed E-state index contributed by atoms with van der Waals surface area (Å²) in [5.41, 5.74) is 6.59. The number of hydrogen-bond donors (Lipinski definition) is 1. The first-order valence-electron chi connectivity index (χ1n) is 4.87. The lowest BCUT2D eigenvalue weighted by atomic mass is 10.2. The zero-order valence-corrected chi connectivity index (χ0v) is 8.57. The van der Waals surface area contributed by atoms with Crippen molar-refractivity contribution in [3.8, 4) is 5.75 Å². The topological polar surface area (TPSA) is 35.2 Å². The number of ether oxygens (including phenoxy) is 1. The number of benzene rings is 1. The third-order valence-electron chi connectivity index (χ3n) is 2.00. The summed E-state index contributed by atoms with van der Waals surface area (Å²) in [7, 11) is 1.67. The average molecular weight is 191 g/mol. The Labute approximate surface area is 85.4 Å². The van der Waals surface area contributed by atoms with Crippen molar-refractivity contribution in [1.82, 2.24) is 0 Å². The molecule has 1 rings (SSSR count). The molecule has 0 aliphatic rings. The summed E-state index contributed by atoms with van der Waals surface area (Å²) in [5.74, 6) is 0.893. The Morgan fingerprint density at radius 1 is 1.29 bits per heavy atom. The van der Waals surface area contributed by atoms with E-state index in [0.717, 1.165) is 25.1 Å². The fraction of sp³-hybridized carbons (Fsp3) is 0.333. The molecule has 0 spiro atoms. The molecule has 0 fully saturated rings. The number of unbranched alkanes of at least 4 members (excludes halogenated alkanes) is 1. The highest BCUT2D eigenvalue weighted by Gasteiger charge is 1.89. The van der Waals surface area contributed by atoms with Crippen molar-refractivity contribution in [2.75, 3.05) is 13.7 Å². The number of allylic oxidation sites excluding steroid dienone is 1. The second-order valence-electron chi connectivity index (χ2n) is 3.11. The Morgan fingerprint density at radius 3 is 2.57 bits per heavy atom. The normalized spacial score (nSPS) is 10.7. The van der Waals surface area contributed by atoms with Gasteiger partial charge in [0, 0.05) is 0 Å². The van der Waals surface area contributed by atoms with Gasteiger partial charge in [-0.3, -0.25) is 0 Å². The largest absolute Gasteiger partial charge is 0.497 e. The van der Waals surface area contributed by atoms with E-state index in [2.05, 4.69) is 12.2 Å². The van der Waals surface area contributed by atoms with Gasteiger partial charge in [0.2, 0.25) is 0 Å². The van der Waals surface area contributed by atoms with Crippen LogP contribution in [-0.2, 0) is 0 Å². The average Bonchev–Trinajstić information content (AvgIpc) is 2.25. The highest BCUT2D eigenvalue weighted by molar-refractivity contribution is 5.50. The smallest absolute Gasteiger partial charge is 0.118 e. The summed E-state index contributed by atoms with van der Waals surface area (Å²) in [4.78, 5) is 0. The van der Waals surface area contributed by atoms with Gasteiger partial charge in [-0.25, -0.2) is 0 Å². The van der Waals surface area contributed by atoms with Gasteiger partial charge in [-0.1, -0.05) is 24.3 Å². The Hall–Kier alpha value is -1.28. The van der Waals surface area contributed by atoms with Gasteiger partial charge in [-0.15, -0.1) is 0 Å². The molecule has 0 saturated carbocycles. The van der Waals surface area contributed by atoms with E-state index in [1.54, 1.807) is 7.11 Å². The Kier molecular flexibility index (Phi) is 4.79. The van der Waals surface area contributed by atoms with Gasteiger partial charge < -0.3 is 10.5 Å². The minimum Gasteiger partial charge on any atom is -0.497 e. The highest BCUT2D eigenvalue weighted by atomic mass is 16.5. The second-order valence-corrected chi connectivity index (χ2v) is 3.11. The van der Waals surface area contributed by atoms with Crippen LogP contribution in [0.2, 0.25) is 0 Å². The molecule has 76 valence electrons. The highest BCUT2D eigenvalue weighted by Crippen LogP contribution is 2.12. The van der Waals surface area contributed by atoms with Crippen molar-refractivity contribution in [2.24, 2.45) is 5.73 Å². The predicted molar refractivity (Wildman–Crippen MR) is 60.3 cm³/mol. The molecule has 0 unspecified atom stereocenters. The molecule has 1 aromatic rings. The van der Waals surface area contributed by atoms with Gasteiger partial charge in [-0.05, 0) is 37.1 Å². The summed E-state index contributed by atoms with van der Waals surface area (Å²) in [5, 5.41) is 0. The number of nitrogens with two attached hydrogens (primary N) is 1. The van der Waals surface area contributed by atoms with E-state index < -0.39 is 0 Å². The van der Waals surface area contributed by atoms with Crippen LogP contribution in [-0.4, -0.2) is 13.7 Å². The minimum atomic E-state index is 0.757. The van der Waals surface area contributed by atoms with Gasteiger partial charge in [0.15, 0.2) is 0 Å². The summed E-state index contributed by atoms with van der Waals surface area (Å²) in [6.45, 7) is 0.757. The lowest BCUT2D eigenvalue weighted by Crippen LogP contribution is -1.96. The predicted octanol–water partition coefficient (Wildman–Crippen LogP) is 2.45. The van der Waals surface area contributed by atoms with Crippen LogP contribution in [0.5, 0.6) is 5.75 Å². The quantitative estimate of drug-likeness (QED) is 0.725. The molecule has 0 saturated heterocycles. The molecule has 0 amide bonds. The lowest BCUT2D eigenvalue weighted by Gasteiger charge is -1.98. The van der Waals surface area contributed by atoms with E-state index in [4.69, 9.17) is 10.5 Å². The third-order valence-corrected chi connectivity index (χ3v) is 2.00. The molecular formula is C12H17NO. The monoisotopic (exact) mass is 191 g/mol. The van der Waals surface area contributed by atoms with E-state index in [-0.39, 0.29) is 0 Å². The Balaban J connectivity index is 2.47. The summed E-state index contributed by atoms with van der Waals surface area (Å²) in [6, 6.07) is 8.00. The maximum atomic E-state index is 5.40. The Morgan fingerprint density at radius 2 is 2.00 bits per heavy atom. The van der Waals surface area contributed by atoms with Gasteiger partial charge in [-0.2, -0.15) is 0 Å². The molecule has 0 bridgehead atoms. The van der Waals surface area contributed by atoms with Crippen molar-refractivity contribution in [3.05, 3.63) is 35.9 Å². The first-order valence-corrected chi connectivity index (χ1v) is 4.87. The zero-order chi connectivity index (χ0) is 10.2. The van der Waals surface area contributed by atoms with Crippen LogP contribution < -0.4 is 10.5 Å². The molecule has 0 atom stereocenters. The summed E-state index contributed by atoms with van der Waals surface area (Å²) in [6.07, 6.45) is 6.35. The van der Waals surface area contributed by atoms with Crippen LogP contribution >= 0.6 is 0 Å². The third kappa shape index (κ3) is 3.62. The summed E-state index contributed by atoms with van der Waals surface area (Å²) >= 11 is 0. The Bertz CT molecular complexity index is 277. The fourth-order valence-electron chi connectivity index (χ4n) is 1.17. The van der Waals surface area contributed by atoms with Gasteiger partial charge in [0.1, 0.15) is 5.75 Å². The molecular weight excluding hydrogens is 174 g/mol. The molecule has 2 N–H and O–H groups in total. The first kappa shape index (κ1) is 10.8. The first-order chi connectivity index (χ1) is 6.86. The molecule has 14 heavy (non-hydrogen) atoms. The van der Waals surface area contributed by atoms with Gasteiger partial charge in [0.05, 0.1) is 7.11 Å². The van der Waals surface area contributed by atoms with Crippen molar-refractivity contribution in [2.45, 2.75) is 12.8 Å². The maximum absolute atomic E-state index is 5.40. The van der Waals surface area contributed by atoms with Gasteiger partial charge in [0.25, 0.3) is 0 Å².